The van der Waals surface area contributed by atoms with Gasteiger partial charge in [-0.05, 0) is 27.7 Å². The Morgan fingerprint density at radius 3 is 2.62 bits per heavy atom. The van der Waals surface area contributed by atoms with Gasteiger partial charge in [0.1, 0.15) is 11.2 Å². The number of nitrogens with zero attached hydrogens (tertiary/aromatic N) is 1. The highest BCUT2D eigenvalue weighted by Gasteiger charge is 2.35. The monoisotopic (exact) mass is 229 g/mol. The van der Waals surface area contributed by atoms with Crippen LogP contribution < -0.4 is 0 Å². The van der Waals surface area contributed by atoms with Crippen LogP contribution >= 0.6 is 0 Å². The molecule has 5 heteroatoms. The normalized spacial score (nSPS) is 26.4. The zero-order valence-electron chi connectivity index (χ0n) is 10.3. The molecule has 0 aromatic heterocycles. The maximum atomic E-state index is 11.7. The van der Waals surface area contributed by atoms with Gasteiger partial charge in [-0.3, -0.25) is 0 Å². The Kier molecular flexibility index (Phi) is 3.57. The third kappa shape index (κ3) is 3.48. The average Bonchev–Trinajstić information content (AvgIpc) is 2.15. The van der Waals surface area contributed by atoms with Crippen LogP contribution in [-0.2, 0) is 14.3 Å². The van der Waals surface area contributed by atoms with Gasteiger partial charge in [-0.15, -0.1) is 0 Å². The van der Waals surface area contributed by atoms with E-state index < -0.39 is 17.3 Å². The first-order chi connectivity index (χ1) is 7.26. The lowest BCUT2D eigenvalue weighted by atomic mass is 10.1. The zero-order valence-corrected chi connectivity index (χ0v) is 10.3. The third-order valence-electron chi connectivity index (χ3n) is 2.20. The fourth-order valence-electron chi connectivity index (χ4n) is 1.45. The standard InChI is InChI=1S/C11H19NO4/c1-10(2,3)16-9(14)12-5-6-15-11(4,7-12)8-13/h8H,5-7H2,1-4H3. The van der Waals surface area contributed by atoms with Crippen LogP contribution in [0.25, 0.3) is 0 Å². The minimum Gasteiger partial charge on any atom is -0.444 e. The Hall–Kier alpha value is -1.10. The number of amides is 1. The Morgan fingerprint density at radius 2 is 2.12 bits per heavy atom. The molecule has 1 rings (SSSR count). The number of ether oxygens (including phenoxy) is 2. The lowest BCUT2D eigenvalue weighted by Crippen LogP contribution is -2.53. The second-order valence-corrected chi connectivity index (χ2v) is 5.18. The van der Waals surface area contributed by atoms with Crippen LogP contribution in [0, 0.1) is 0 Å². The predicted octanol–water partition coefficient (Wildman–Crippen LogP) is 1.21. The van der Waals surface area contributed by atoms with Crippen molar-refractivity contribution < 1.29 is 19.1 Å². The van der Waals surface area contributed by atoms with E-state index in [1.54, 1.807) is 6.92 Å². The van der Waals surface area contributed by atoms with Crippen molar-refractivity contribution in [3.63, 3.8) is 0 Å². The van der Waals surface area contributed by atoms with Gasteiger partial charge < -0.3 is 19.2 Å². The topological polar surface area (TPSA) is 55.8 Å². The first kappa shape index (κ1) is 13.0. The molecule has 5 nitrogen and oxygen atoms in total. The van der Waals surface area contributed by atoms with Crippen molar-refractivity contribution in [3.05, 3.63) is 0 Å². The molecular formula is C11H19NO4. The fraction of sp³-hybridized carbons (Fsp3) is 0.818. The second-order valence-electron chi connectivity index (χ2n) is 5.18. The van der Waals surface area contributed by atoms with Crippen molar-refractivity contribution in [2.45, 2.75) is 38.9 Å². The molecule has 1 fully saturated rings. The Balaban J connectivity index is 2.61. The van der Waals surface area contributed by atoms with Crippen molar-refractivity contribution in [1.82, 2.24) is 4.90 Å². The molecule has 0 aliphatic carbocycles. The molecule has 1 atom stereocenters. The van der Waals surface area contributed by atoms with Gasteiger partial charge in [0, 0.05) is 6.54 Å². The van der Waals surface area contributed by atoms with Crippen molar-refractivity contribution in [1.29, 1.82) is 0 Å². The Bertz CT molecular complexity index is 284. The highest BCUT2D eigenvalue weighted by Crippen LogP contribution is 2.18. The molecule has 1 unspecified atom stereocenters. The summed E-state index contributed by atoms with van der Waals surface area (Å²) in [6.45, 7) is 8.15. The minimum absolute atomic E-state index is 0.241. The molecule has 1 amide bonds. The van der Waals surface area contributed by atoms with Crippen LogP contribution in [0.15, 0.2) is 0 Å². The summed E-state index contributed by atoms with van der Waals surface area (Å²) in [5.41, 5.74) is -1.43. The van der Waals surface area contributed by atoms with Crippen LogP contribution in [0.3, 0.4) is 0 Å². The minimum atomic E-state index is -0.908. The first-order valence-electron chi connectivity index (χ1n) is 5.34. The number of carbonyl (C=O) groups is 2. The molecular weight excluding hydrogens is 210 g/mol. The van der Waals surface area contributed by atoms with E-state index in [0.29, 0.717) is 13.2 Å². The van der Waals surface area contributed by atoms with E-state index in [0.717, 1.165) is 6.29 Å². The van der Waals surface area contributed by atoms with E-state index in [1.165, 1.54) is 4.90 Å². The maximum absolute atomic E-state index is 11.7. The van der Waals surface area contributed by atoms with Crippen molar-refractivity contribution in [2.75, 3.05) is 19.7 Å². The summed E-state index contributed by atoms with van der Waals surface area (Å²) < 4.78 is 10.5. The molecule has 0 aromatic carbocycles. The van der Waals surface area contributed by atoms with Gasteiger partial charge >= 0.3 is 6.09 Å². The summed E-state index contributed by atoms with van der Waals surface area (Å²) in [4.78, 5) is 24.1. The highest BCUT2D eigenvalue weighted by atomic mass is 16.6. The molecule has 16 heavy (non-hydrogen) atoms. The van der Waals surface area contributed by atoms with E-state index in [2.05, 4.69) is 0 Å². The molecule has 0 radical (unpaired) electrons. The van der Waals surface area contributed by atoms with E-state index in [1.807, 2.05) is 20.8 Å². The van der Waals surface area contributed by atoms with E-state index >= 15 is 0 Å². The largest absolute Gasteiger partial charge is 0.444 e. The predicted molar refractivity (Wildman–Crippen MR) is 58.2 cm³/mol. The van der Waals surface area contributed by atoms with Crippen LogP contribution in [-0.4, -0.2) is 48.2 Å². The molecule has 1 saturated heterocycles. The van der Waals surface area contributed by atoms with Gasteiger partial charge in [0.05, 0.1) is 13.2 Å². The molecule has 0 aromatic rings. The number of morpholine rings is 1. The van der Waals surface area contributed by atoms with Gasteiger partial charge in [0.2, 0.25) is 0 Å². The lowest BCUT2D eigenvalue weighted by molar-refractivity contribution is -0.139. The first-order valence-corrected chi connectivity index (χ1v) is 5.34. The number of aldehydes is 1. The molecule has 1 heterocycles. The maximum Gasteiger partial charge on any atom is 0.410 e. The van der Waals surface area contributed by atoms with Crippen LogP contribution in [0.5, 0.6) is 0 Å². The fourth-order valence-corrected chi connectivity index (χ4v) is 1.45. The molecule has 1 aliphatic rings. The van der Waals surface area contributed by atoms with Crippen LogP contribution in [0.4, 0.5) is 4.79 Å². The summed E-state index contributed by atoms with van der Waals surface area (Å²) in [6.07, 6.45) is 0.327. The van der Waals surface area contributed by atoms with Gasteiger partial charge in [-0.2, -0.15) is 0 Å². The summed E-state index contributed by atoms with van der Waals surface area (Å²) in [7, 11) is 0. The summed E-state index contributed by atoms with van der Waals surface area (Å²) in [5, 5.41) is 0. The summed E-state index contributed by atoms with van der Waals surface area (Å²) in [5.74, 6) is 0. The van der Waals surface area contributed by atoms with Crippen LogP contribution in [0.1, 0.15) is 27.7 Å². The summed E-state index contributed by atoms with van der Waals surface area (Å²) in [6, 6.07) is 0. The van der Waals surface area contributed by atoms with Gasteiger partial charge in [0.25, 0.3) is 0 Å². The molecule has 0 saturated carbocycles. The van der Waals surface area contributed by atoms with Crippen molar-refractivity contribution in [2.24, 2.45) is 0 Å². The molecule has 92 valence electrons. The zero-order chi connectivity index (χ0) is 12.4. The number of carbonyl (C=O) groups excluding carboxylic acids is 2. The number of hydrogen-bond acceptors (Lipinski definition) is 4. The van der Waals surface area contributed by atoms with E-state index in [4.69, 9.17) is 9.47 Å². The van der Waals surface area contributed by atoms with Crippen molar-refractivity contribution >= 4 is 12.4 Å². The lowest BCUT2D eigenvalue weighted by Gasteiger charge is -2.37. The van der Waals surface area contributed by atoms with E-state index in [9.17, 15) is 9.59 Å². The van der Waals surface area contributed by atoms with Crippen molar-refractivity contribution in [3.8, 4) is 0 Å². The quantitative estimate of drug-likeness (QED) is 0.634. The number of rotatable bonds is 1. The average molecular weight is 229 g/mol. The number of hydrogen-bond donors (Lipinski definition) is 0. The highest BCUT2D eigenvalue weighted by molar-refractivity contribution is 5.70. The summed E-state index contributed by atoms with van der Waals surface area (Å²) >= 11 is 0. The van der Waals surface area contributed by atoms with Gasteiger partial charge in [-0.1, -0.05) is 0 Å². The van der Waals surface area contributed by atoms with Gasteiger partial charge in [0.15, 0.2) is 6.29 Å². The second kappa shape index (κ2) is 4.41. The Morgan fingerprint density at radius 1 is 1.50 bits per heavy atom. The molecule has 0 N–H and O–H groups in total. The van der Waals surface area contributed by atoms with E-state index in [-0.39, 0.29) is 6.54 Å². The molecule has 0 bridgehead atoms. The van der Waals surface area contributed by atoms with Gasteiger partial charge in [-0.25, -0.2) is 4.79 Å². The molecule has 0 spiro atoms. The third-order valence-corrected chi connectivity index (χ3v) is 2.20. The molecule has 1 aliphatic heterocycles. The smallest absolute Gasteiger partial charge is 0.410 e. The SMILES string of the molecule is CC(C)(C)OC(=O)N1CCOC(C)(C=O)C1. The van der Waals surface area contributed by atoms with Crippen LogP contribution in [0.2, 0.25) is 0 Å². The Labute approximate surface area is 95.7 Å².